The Morgan fingerprint density at radius 2 is 1.79 bits per heavy atom. The molecule has 3 rings (SSSR count). The fraction of sp³-hybridized carbons (Fsp3) is 0.609. The van der Waals surface area contributed by atoms with Crippen LogP contribution in [0.15, 0.2) is 30.5 Å². The van der Waals surface area contributed by atoms with Crippen LogP contribution in [0.2, 0.25) is 0 Å². The van der Waals surface area contributed by atoms with Crippen LogP contribution < -0.4 is 0 Å². The summed E-state index contributed by atoms with van der Waals surface area (Å²) >= 11 is 5.74. The molecule has 0 radical (unpaired) electrons. The van der Waals surface area contributed by atoms with Crippen LogP contribution in [0.25, 0.3) is 10.8 Å². The number of ether oxygens (including phenoxy) is 3. The van der Waals surface area contributed by atoms with E-state index in [2.05, 4.69) is 13.0 Å². The number of aromatic nitrogens is 1. The first-order chi connectivity index (χ1) is 13.4. The minimum absolute atomic E-state index is 0.310. The molecule has 160 valence electrons. The lowest BCUT2D eigenvalue weighted by molar-refractivity contribution is -0.138. The molecule has 0 aliphatic carbocycles. The molecule has 5 nitrogen and oxygen atoms in total. The summed E-state index contributed by atoms with van der Waals surface area (Å²) in [6.07, 6.45) is -0.521. The van der Waals surface area contributed by atoms with Gasteiger partial charge in [0.1, 0.15) is 23.0 Å². The standard InChI is InChI=1S/C23H33NO4S/c1-14-8-9-16-15(12-14)10-11-24(21(16)29)20-18(25)19(28-23(5,6)7)17(27-20)13-26-22(2,3)4/h8-12,17-20,25H,13H2,1-7H3/t17-,18?,19+,20-/m1/s1. The van der Waals surface area contributed by atoms with Crippen LogP contribution in [-0.2, 0) is 14.2 Å². The molecule has 6 heteroatoms. The van der Waals surface area contributed by atoms with Gasteiger partial charge in [0.25, 0.3) is 0 Å². The Morgan fingerprint density at radius 1 is 1.10 bits per heavy atom. The molecule has 0 saturated carbocycles. The molecule has 1 aromatic carbocycles. The van der Waals surface area contributed by atoms with E-state index in [1.165, 1.54) is 5.56 Å². The summed E-state index contributed by atoms with van der Waals surface area (Å²) < 4.78 is 20.9. The molecule has 1 aromatic heterocycles. The van der Waals surface area contributed by atoms with Crippen molar-refractivity contribution in [3.05, 3.63) is 40.7 Å². The maximum Gasteiger partial charge on any atom is 0.163 e. The summed E-state index contributed by atoms with van der Waals surface area (Å²) in [7, 11) is 0. The van der Waals surface area contributed by atoms with Gasteiger partial charge in [-0.15, -0.1) is 0 Å². The van der Waals surface area contributed by atoms with E-state index in [0.717, 1.165) is 10.8 Å². The normalized spacial score (nSPS) is 25.7. The van der Waals surface area contributed by atoms with E-state index >= 15 is 0 Å². The van der Waals surface area contributed by atoms with Crippen molar-refractivity contribution < 1.29 is 19.3 Å². The number of benzene rings is 1. The predicted molar refractivity (Wildman–Crippen MR) is 118 cm³/mol. The Hall–Kier alpha value is -1.31. The van der Waals surface area contributed by atoms with E-state index in [-0.39, 0.29) is 5.60 Å². The number of aliphatic hydroxyl groups excluding tert-OH is 1. The van der Waals surface area contributed by atoms with Crippen LogP contribution in [0.5, 0.6) is 0 Å². The van der Waals surface area contributed by atoms with Crippen molar-refractivity contribution in [2.45, 2.75) is 84.2 Å². The summed E-state index contributed by atoms with van der Waals surface area (Å²) in [6, 6.07) is 8.17. The highest BCUT2D eigenvalue weighted by Crippen LogP contribution is 2.35. The van der Waals surface area contributed by atoms with Crippen LogP contribution in [0.3, 0.4) is 0 Å². The van der Waals surface area contributed by atoms with Gasteiger partial charge < -0.3 is 23.9 Å². The molecular weight excluding hydrogens is 386 g/mol. The number of rotatable bonds is 4. The van der Waals surface area contributed by atoms with Gasteiger partial charge in [0.05, 0.1) is 17.8 Å². The Morgan fingerprint density at radius 3 is 2.41 bits per heavy atom. The summed E-state index contributed by atoms with van der Waals surface area (Å²) in [5.41, 5.74) is 0.446. The lowest BCUT2D eigenvalue weighted by atomic mass is 10.1. The zero-order chi connectivity index (χ0) is 21.6. The molecule has 1 N–H and O–H groups in total. The van der Waals surface area contributed by atoms with E-state index in [0.29, 0.717) is 11.2 Å². The smallest absolute Gasteiger partial charge is 0.163 e. The monoisotopic (exact) mass is 419 g/mol. The molecule has 4 atom stereocenters. The quantitative estimate of drug-likeness (QED) is 0.712. The lowest BCUT2D eigenvalue weighted by Gasteiger charge is -2.30. The van der Waals surface area contributed by atoms with E-state index in [9.17, 15) is 5.11 Å². The van der Waals surface area contributed by atoms with Crippen LogP contribution in [0, 0.1) is 11.6 Å². The fourth-order valence-corrected chi connectivity index (χ4v) is 3.90. The average molecular weight is 420 g/mol. The number of hydrogen-bond acceptors (Lipinski definition) is 5. The predicted octanol–water partition coefficient (Wildman–Crippen LogP) is 4.94. The summed E-state index contributed by atoms with van der Waals surface area (Å²) in [5.74, 6) is 0. The van der Waals surface area contributed by atoms with Gasteiger partial charge in [-0.3, -0.25) is 0 Å². The molecule has 2 aromatic rings. The minimum atomic E-state index is -0.864. The first-order valence-electron chi connectivity index (χ1n) is 10.1. The average Bonchev–Trinajstić information content (AvgIpc) is 2.87. The number of aryl methyl sites for hydroxylation is 1. The van der Waals surface area contributed by atoms with Gasteiger partial charge in [-0.2, -0.15) is 0 Å². The van der Waals surface area contributed by atoms with Gasteiger partial charge in [-0.1, -0.05) is 36.0 Å². The number of pyridine rings is 1. The van der Waals surface area contributed by atoms with Crippen molar-refractivity contribution in [3.63, 3.8) is 0 Å². The Labute approximate surface area is 178 Å². The molecule has 1 fully saturated rings. The van der Waals surface area contributed by atoms with E-state index in [4.69, 9.17) is 26.4 Å². The zero-order valence-corrected chi connectivity index (χ0v) is 19.2. The molecular formula is C23H33NO4S. The second-order valence-corrected chi connectivity index (χ2v) is 10.2. The van der Waals surface area contributed by atoms with Gasteiger partial charge in [-0.05, 0) is 59.9 Å². The van der Waals surface area contributed by atoms with Crippen molar-refractivity contribution in [3.8, 4) is 0 Å². The van der Waals surface area contributed by atoms with Crippen molar-refractivity contribution in [1.82, 2.24) is 4.57 Å². The van der Waals surface area contributed by atoms with Crippen LogP contribution in [0.1, 0.15) is 53.3 Å². The highest BCUT2D eigenvalue weighted by molar-refractivity contribution is 7.71. The molecule has 1 aliphatic heterocycles. The third kappa shape index (κ3) is 5.25. The minimum Gasteiger partial charge on any atom is -0.386 e. The van der Waals surface area contributed by atoms with E-state index < -0.39 is 30.1 Å². The van der Waals surface area contributed by atoms with Crippen LogP contribution in [0.4, 0.5) is 0 Å². The second-order valence-electron chi connectivity index (χ2n) is 9.79. The third-order valence-corrected chi connectivity index (χ3v) is 5.27. The summed E-state index contributed by atoms with van der Waals surface area (Å²) in [6.45, 7) is 14.3. The van der Waals surface area contributed by atoms with Gasteiger partial charge >= 0.3 is 0 Å². The molecule has 29 heavy (non-hydrogen) atoms. The lowest BCUT2D eigenvalue weighted by Crippen LogP contribution is -2.42. The van der Waals surface area contributed by atoms with Gasteiger partial charge in [0, 0.05) is 11.6 Å². The summed E-state index contributed by atoms with van der Waals surface area (Å²) in [4.78, 5) is 0. The molecule has 1 aliphatic rings. The number of nitrogens with zero attached hydrogens (tertiary/aromatic N) is 1. The molecule has 2 heterocycles. The Kier molecular flexibility index (Phi) is 6.23. The second kappa shape index (κ2) is 8.08. The molecule has 1 unspecified atom stereocenters. The zero-order valence-electron chi connectivity index (χ0n) is 18.4. The molecule has 1 saturated heterocycles. The maximum absolute atomic E-state index is 11.1. The molecule has 0 bridgehead atoms. The van der Waals surface area contributed by atoms with E-state index in [1.807, 2.05) is 70.5 Å². The SMILES string of the molecule is Cc1ccc2c(=S)n([C@@H]3O[C@H](COC(C)(C)C)[C@H](OC(C)(C)C)C3O)ccc2c1. The van der Waals surface area contributed by atoms with Crippen molar-refractivity contribution in [1.29, 1.82) is 0 Å². The first kappa shape index (κ1) is 22.4. The van der Waals surface area contributed by atoms with Gasteiger partial charge in [0.15, 0.2) is 6.23 Å². The van der Waals surface area contributed by atoms with Crippen molar-refractivity contribution in [2.24, 2.45) is 0 Å². The van der Waals surface area contributed by atoms with Gasteiger partial charge in [0.2, 0.25) is 0 Å². The number of aliphatic hydroxyl groups is 1. The first-order valence-corrected chi connectivity index (χ1v) is 10.5. The van der Waals surface area contributed by atoms with Crippen LogP contribution >= 0.6 is 12.2 Å². The van der Waals surface area contributed by atoms with E-state index in [1.54, 1.807) is 0 Å². The van der Waals surface area contributed by atoms with Crippen molar-refractivity contribution >= 4 is 23.0 Å². The highest BCUT2D eigenvalue weighted by Gasteiger charge is 2.47. The largest absolute Gasteiger partial charge is 0.386 e. The van der Waals surface area contributed by atoms with Crippen molar-refractivity contribution in [2.75, 3.05) is 6.61 Å². The van der Waals surface area contributed by atoms with Crippen LogP contribution in [-0.4, -0.2) is 45.8 Å². The Bertz CT molecular complexity index is 925. The maximum atomic E-state index is 11.1. The third-order valence-electron chi connectivity index (χ3n) is 4.84. The number of fused-ring (bicyclic) bond motifs is 1. The summed E-state index contributed by atoms with van der Waals surface area (Å²) in [5, 5.41) is 13.2. The Balaban J connectivity index is 1.95. The van der Waals surface area contributed by atoms with Gasteiger partial charge in [-0.25, -0.2) is 0 Å². The fourth-order valence-electron chi connectivity index (χ4n) is 3.55. The topological polar surface area (TPSA) is 52.9 Å². The molecule has 0 amide bonds. The highest BCUT2D eigenvalue weighted by atomic mass is 32.1. The number of hydrogen-bond donors (Lipinski definition) is 1. The molecule has 0 spiro atoms.